The van der Waals surface area contributed by atoms with Crippen molar-refractivity contribution in [3.05, 3.63) is 58.9 Å². The summed E-state index contributed by atoms with van der Waals surface area (Å²) in [4.78, 5) is 0. The van der Waals surface area contributed by atoms with E-state index in [1.807, 2.05) is 25.1 Å². The van der Waals surface area contributed by atoms with Gasteiger partial charge in [0.25, 0.3) is 0 Å². The molecule has 0 bridgehead atoms. The first-order valence-electron chi connectivity index (χ1n) is 6.25. The number of alkyl halides is 1. The number of rotatable bonds is 5. The molecule has 0 fully saturated rings. The molecule has 0 radical (unpaired) electrons. The SMILES string of the molecule is COc1ccc(COc2c(C)cccc2CCl)c(F)c1. The highest BCUT2D eigenvalue weighted by Crippen LogP contribution is 2.26. The van der Waals surface area contributed by atoms with E-state index in [0.29, 0.717) is 17.2 Å². The van der Waals surface area contributed by atoms with Crippen LogP contribution in [0.1, 0.15) is 16.7 Å². The van der Waals surface area contributed by atoms with E-state index < -0.39 is 0 Å². The zero-order valence-electron chi connectivity index (χ0n) is 11.5. The maximum absolute atomic E-state index is 13.8. The van der Waals surface area contributed by atoms with Crippen LogP contribution in [-0.2, 0) is 12.5 Å². The normalized spacial score (nSPS) is 10.4. The first-order chi connectivity index (χ1) is 9.65. The van der Waals surface area contributed by atoms with Crippen LogP contribution in [0.25, 0.3) is 0 Å². The number of hydrogen-bond donors (Lipinski definition) is 0. The number of hydrogen-bond acceptors (Lipinski definition) is 2. The average Bonchev–Trinajstić information content (AvgIpc) is 2.46. The van der Waals surface area contributed by atoms with E-state index in [2.05, 4.69) is 0 Å². The second kappa shape index (κ2) is 6.62. The van der Waals surface area contributed by atoms with E-state index in [1.54, 1.807) is 12.1 Å². The van der Waals surface area contributed by atoms with E-state index in [-0.39, 0.29) is 12.4 Å². The molecule has 2 aromatic carbocycles. The Labute approximate surface area is 123 Å². The van der Waals surface area contributed by atoms with Crippen LogP contribution >= 0.6 is 11.6 Å². The molecule has 20 heavy (non-hydrogen) atoms. The molecule has 2 nitrogen and oxygen atoms in total. The number of aryl methyl sites for hydroxylation is 1. The van der Waals surface area contributed by atoms with Crippen LogP contribution in [0.15, 0.2) is 36.4 Å². The van der Waals surface area contributed by atoms with Gasteiger partial charge in [0.2, 0.25) is 0 Å². The Morgan fingerprint density at radius 1 is 1.15 bits per heavy atom. The number of halogens is 2. The minimum Gasteiger partial charge on any atom is -0.497 e. The van der Waals surface area contributed by atoms with Gasteiger partial charge < -0.3 is 9.47 Å². The van der Waals surface area contributed by atoms with Crippen molar-refractivity contribution in [2.75, 3.05) is 7.11 Å². The molecule has 0 aromatic heterocycles. The minimum absolute atomic E-state index is 0.157. The Kier molecular flexibility index (Phi) is 4.85. The Hall–Kier alpha value is -1.74. The summed E-state index contributed by atoms with van der Waals surface area (Å²) in [6, 6.07) is 10.5. The third kappa shape index (κ3) is 3.23. The average molecular weight is 295 g/mol. The van der Waals surface area contributed by atoms with Gasteiger partial charge in [0.1, 0.15) is 23.9 Å². The molecule has 0 saturated heterocycles. The van der Waals surface area contributed by atoms with Crippen molar-refractivity contribution in [1.82, 2.24) is 0 Å². The van der Waals surface area contributed by atoms with Gasteiger partial charge in [0, 0.05) is 17.2 Å². The number of benzene rings is 2. The van der Waals surface area contributed by atoms with Gasteiger partial charge >= 0.3 is 0 Å². The Morgan fingerprint density at radius 3 is 2.60 bits per heavy atom. The van der Waals surface area contributed by atoms with E-state index in [4.69, 9.17) is 21.1 Å². The molecular weight excluding hydrogens is 279 g/mol. The van der Waals surface area contributed by atoms with Gasteiger partial charge in [-0.25, -0.2) is 4.39 Å². The first-order valence-corrected chi connectivity index (χ1v) is 6.79. The smallest absolute Gasteiger partial charge is 0.133 e. The maximum atomic E-state index is 13.8. The minimum atomic E-state index is -0.342. The standard InChI is InChI=1S/C16H16ClFO2/c1-11-4-3-5-12(9-17)16(11)20-10-13-6-7-14(19-2)8-15(13)18/h3-8H,9-10H2,1-2H3. The summed E-state index contributed by atoms with van der Waals surface area (Å²) in [5.41, 5.74) is 2.37. The fourth-order valence-electron chi connectivity index (χ4n) is 1.95. The van der Waals surface area contributed by atoms with Crippen LogP contribution in [0.5, 0.6) is 11.5 Å². The van der Waals surface area contributed by atoms with Gasteiger partial charge in [0.15, 0.2) is 0 Å². The molecule has 0 spiro atoms. The number of methoxy groups -OCH3 is 1. The maximum Gasteiger partial charge on any atom is 0.133 e. The van der Waals surface area contributed by atoms with Crippen molar-refractivity contribution in [3.8, 4) is 11.5 Å². The molecule has 2 aromatic rings. The molecule has 0 unspecified atom stereocenters. The van der Waals surface area contributed by atoms with Gasteiger partial charge in [-0.05, 0) is 24.6 Å². The van der Waals surface area contributed by atoms with Crippen molar-refractivity contribution in [1.29, 1.82) is 0 Å². The van der Waals surface area contributed by atoms with Crippen LogP contribution in [0.4, 0.5) is 4.39 Å². The summed E-state index contributed by atoms with van der Waals surface area (Å²) in [7, 11) is 1.50. The predicted molar refractivity (Wildman–Crippen MR) is 78.0 cm³/mol. The quantitative estimate of drug-likeness (QED) is 0.758. The molecule has 2 rings (SSSR count). The molecule has 0 aliphatic carbocycles. The fraction of sp³-hybridized carbons (Fsp3) is 0.250. The molecule has 0 atom stereocenters. The molecule has 4 heteroatoms. The molecule has 0 heterocycles. The van der Waals surface area contributed by atoms with Crippen molar-refractivity contribution < 1.29 is 13.9 Å². The van der Waals surface area contributed by atoms with Crippen molar-refractivity contribution >= 4 is 11.6 Å². The lowest BCUT2D eigenvalue weighted by Gasteiger charge is -2.13. The molecule has 0 N–H and O–H groups in total. The number of ether oxygens (including phenoxy) is 2. The summed E-state index contributed by atoms with van der Waals surface area (Å²) in [5.74, 6) is 1.23. The largest absolute Gasteiger partial charge is 0.497 e. The van der Waals surface area contributed by atoms with Gasteiger partial charge in [-0.15, -0.1) is 11.6 Å². The van der Waals surface area contributed by atoms with Crippen LogP contribution in [0, 0.1) is 12.7 Å². The molecule has 0 aliphatic rings. The van der Waals surface area contributed by atoms with E-state index in [0.717, 1.165) is 16.9 Å². The predicted octanol–water partition coefficient (Wildman–Crippen LogP) is 4.46. The van der Waals surface area contributed by atoms with Gasteiger partial charge in [0.05, 0.1) is 13.0 Å². The Balaban J connectivity index is 2.17. The Bertz CT molecular complexity index is 599. The highest BCUT2D eigenvalue weighted by molar-refractivity contribution is 6.17. The third-order valence-corrected chi connectivity index (χ3v) is 3.36. The lowest BCUT2D eigenvalue weighted by molar-refractivity contribution is 0.295. The zero-order chi connectivity index (χ0) is 14.5. The van der Waals surface area contributed by atoms with Crippen LogP contribution in [0.3, 0.4) is 0 Å². The topological polar surface area (TPSA) is 18.5 Å². The molecule has 106 valence electrons. The monoisotopic (exact) mass is 294 g/mol. The van der Waals surface area contributed by atoms with Crippen LogP contribution in [0.2, 0.25) is 0 Å². The molecule has 0 amide bonds. The summed E-state index contributed by atoms with van der Waals surface area (Å²) in [5, 5.41) is 0. The highest BCUT2D eigenvalue weighted by atomic mass is 35.5. The van der Waals surface area contributed by atoms with Gasteiger partial charge in [-0.1, -0.05) is 18.2 Å². The molecular formula is C16H16ClFO2. The van der Waals surface area contributed by atoms with Gasteiger partial charge in [-0.3, -0.25) is 0 Å². The van der Waals surface area contributed by atoms with E-state index in [9.17, 15) is 4.39 Å². The summed E-state index contributed by atoms with van der Waals surface area (Å²) in [6.45, 7) is 2.10. The third-order valence-electron chi connectivity index (χ3n) is 3.07. The van der Waals surface area contributed by atoms with Crippen LogP contribution in [-0.4, -0.2) is 7.11 Å². The second-order valence-electron chi connectivity index (χ2n) is 4.44. The number of para-hydroxylation sites is 1. The summed E-state index contributed by atoms with van der Waals surface area (Å²) < 4.78 is 24.5. The van der Waals surface area contributed by atoms with Crippen LogP contribution < -0.4 is 9.47 Å². The highest BCUT2D eigenvalue weighted by Gasteiger charge is 2.09. The fourth-order valence-corrected chi connectivity index (χ4v) is 2.16. The van der Waals surface area contributed by atoms with Gasteiger partial charge in [-0.2, -0.15) is 0 Å². The molecule has 0 aliphatic heterocycles. The van der Waals surface area contributed by atoms with Crippen molar-refractivity contribution in [2.24, 2.45) is 0 Å². The first kappa shape index (κ1) is 14.7. The zero-order valence-corrected chi connectivity index (χ0v) is 12.2. The van der Waals surface area contributed by atoms with Crippen molar-refractivity contribution in [3.63, 3.8) is 0 Å². The summed E-state index contributed by atoms with van der Waals surface area (Å²) in [6.07, 6.45) is 0. The van der Waals surface area contributed by atoms with Crippen molar-refractivity contribution in [2.45, 2.75) is 19.4 Å². The van der Waals surface area contributed by atoms with E-state index in [1.165, 1.54) is 13.2 Å². The lowest BCUT2D eigenvalue weighted by Crippen LogP contribution is -2.02. The summed E-state index contributed by atoms with van der Waals surface area (Å²) >= 11 is 5.89. The second-order valence-corrected chi connectivity index (χ2v) is 4.71. The Morgan fingerprint density at radius 2 is 1.95 bits per heavy atom. The van der Waals surface area contributed by atoms with E-state index >= 15 is 0 Å². The lowest BCUT2D eigenvalue weighted by atomic mass is 10.1. The molecule has 0 saturated carbocycles.